The molecule has 11 nitrogen and oxygen atoms in total. The Kier molecular flexibility index (Phi) is 19.0. The summed E-state index contributed by atoms with van der Waals surface area (Å²) in [7, 11) is -11.2. The third-order valence-electron chi connectivity index (χ3n) is 16.6. The van der Waals surface area contributed by atoms with Crippen molar-refractivity contribution in [2.24, 2.45) is 59.5 Å². The van der Waals surface area contributed by atoms with Gasteiger partial charge < -0.3 is 31.7 Å². The minimum Gasteiger partial charge on any atom is -0.312 e. The highest BCUT2D eigenvalue weighted by atomic mass is 35.7. The zero-order valence-corrected chi connectivity index (χ0v) is 46.0. The van der Waals surface area contributed by atoms with Gasteiger partial charge in [-0.2, -0.15) is 9.03 Å². The molecule has 1 atom stereocenters. The van der Waals surface area contributed by atoms with E-state index in [-0.39, 0.29) is 42.7 Å². The minimum absolute atomic E-state index is 0.0917. The Morgan fingerprint density at radius 1 is 0.246 bits per heavy atom. The molecule has 1 aliphatic heterocycles. The van der Waals surface area contributed by atoms with E-state index < -0.39 is 29.8 Å². The predicted octanol–water partition coefficient (Wildman–Crippen LogP) is 19.2. The van der Waals surface area contributed by atoms with Crippen LogP contribution in [-0.4, -0.2) is 42.7 Å². The van der Waals surface area contributed by atoms with E-state index in [9.17, 15) is 0 Å². The summed E-state index contributed by atoms with van der Waals surface area (Å²) in [6.45, 7) is 12.8. The van der Waals surface area contributed by atoms with Gasteiger partial charge in [-0.3, -0.25) is 0 Å². The smallest absolute Gasteiger partial charge is 0.312 e. The molecule has 0 amide bonds. The van der Waals surface area contributed by atoms with Gasteiger partial charge >= 0.3 is 29.8 Å². The Balaban J connectivity index is 1.38. The molecule has 7 fully saturated rings. The van der Waals surface area contributed by atoms with E-state index >= 15 is 0 Å². The summed E-state index contributed by atoms with van der Waals surface area (Å²) in [5.74, 6) is 4.50. The normalized spacial score (nSPS) is 48.1. The van der Waals surface area contributed by atoms with Gasteiger partial charge in [-0.15, -0.1) is 9.03 Å². The highest BCUT2D eigenvalue weighted by Crippen LogP contribution is 2.84. The molecule has 376 valence electrons. The van der Waals surface area contributed by atoms with Crippen LogP contribution in [0.2, 0.25) is 0 Å². The van der Waals surface area contributed by atoms with Gasteiger partial charge in [0.05, 0.1) is 42.7 Å². The van der Waals surface area contributed by atoms with E-state index in [0.717, 1.165) is 180 Å². The molecule has 0 aromatic carbocycles. The lowest BCUT2D eigenvalue weighted by molar-refractivity contribution is 0.0729. The van der Waals surface area contributed by atoms with Crippen LogP contribution in [0.5, 0.6) is 0 Å². The fourth-order valence-electron chi connectivity index (χ4n) is 11.7. The molecule has 8 aliphatic rings. The first-order chi connectivity index (χ1) is 31.1. The third-order valence-corrected chi connectivity index (χ3v) is 29.3. The summed E-state index contributed by atoms with van der Waals surface area (Å²) >= 11 is 8.26. The Bertz CT molecular complexity index is 1600. The molecule has 0 aromatic rings. The lowest BCUT2D eigenvalue weighted by Crippen LogP contribution is -2.26. The van der Waals surface area contributed by atoms with Gasteiger partial charge in [0.25, 0.3) is 0 Å². The van der Waals surface area contributed by atoms with Gasteiger partial charge in [-0.05, 0) is 232 Å². The zero-order chi connectivity index (χ0) is 45.7. The predicted molar refractivity (Wildman–Crippen MR) is 271 cm³/mol. The maximum atomic E-state index is 8.26. The maximum Gasteiger partial charge on any atom is 0.349 e. The van der Waals surface area contributed by atoms with Gasteiger partial charge in [-0.1, -0.05) is 48.5 Å². The van der Waals surface area contributed by atoms with Crippen LogP contribution in [0.15, 0.2) is 18.1 Å². The summed E-state index contributed by atoms with van der Waals surface area (Å²) in [5, 5.41) is 0. The average molecular weight is 1010 g/mol. The largest absolute Gasteiger partial charge is 0.349 e. The van der Waals surface area contributed by atoms with Crippen molar-refractivity contribution >= 4 is 41.0 Å². The fourth-order valence-corrected chi connectivity index (χ4v) is 26.7. The van der Waals surface area contributed by atoms with Crippen LogP contribution in [0.25, 0.3) is 0 Å². The summed E-state index contributed by atoms with van der Waals surface area (Å²) < 4.78 is 76.8. The SMILES string of the molecule is CC1CCC(OP2(Cl)=NP(OC3CCC(C)CC3)(OC3CCC(C)CC3)=NP(OC3CCC(C)CC3)(OC3CCC(C)CC3)=NP(OC3CCC(C)CC3)(OC3CCC(C)CC3)=N2)CC1. The molecule has 0 spiro atoms. The van der Waals surface area contributed by atoms with Crippen molar-refractivity contribution in [3.05, 3.63) is 0 Å². The number of hydrogen-bond donors (Lipinski definition) is 0. The molecule has 16 heteroatoms. The zero-order valence-electron chi connectivity index (χ0n) is 41.7. The first-order valence-corrected chi connectivity index (χ1v) is 34.3. The van der Waals surface area contributed by atoms with Crippen LogP contribution in [0.3, 0.4) is 0 Å². The minimum atomic E-state index is -3.74. The monoisotopic (exact) mass is 1010 g/mol. The second-order valence-corrected chi connectivity index (χ2v) is 32.8. The third kappa shape index (κ3) is 15.2. The second kappa shape index (κ2) is 23.6. The van der Waals surface area contributed by atoms with Crippen LogP contribution in [0.4, 0.5) is 0 Å². The first kappa shape index (κ1) is 52.3. The van der Waals surface area contributed by atoms with Crippen molar-refractivity contribution in [2.75, 3.05) is 0 Å². The summed E-state index contributed by atoms with van der Waals surface area (Å²) in [4.78, 5) is 0. The quantitative estimate of drug-likeness (QED) is 0.159. The van der Waals surface area contributed by atoms with Crippen molar-refractivity contribution in [2.45, 2.75) is 271 Å². The van der Waals surface area contributed by atoms with Crippen LogP contribution < -0.4 is 0 Å². The maximum absolute atomic E-state index is 8.26. The van der Waals surface area contributed by atoms with Crippen LogP contribution in [-0.2, 0) is 31.7 Å². The second-order valence-electron chi connectivity index (χ2n) is 23.2. The molecule has 0 saturated heterocycles. The highest BCUT2D eigenvalue weighted by molar-refractivity contribution is 7.93. The van der Waals surface area contributed by atoms with E-state index in [4.69, 9.17) is 61.0 Å². The number of halogens is 1. The van der Waals surface area contributed by atoms with Crippen LogP contribution in [0.1, 0.15) is 228 Å². The van der Waals surface area contributed by atoms with Crippen molar-refractivity contribution in [3.63, 3.8) is 0 Å². The number of nitrogens with zero attached hydrogens (tertiary/aromatic N) is 4. The van der Waals surface area contributed by atoms with Gasteiger partial charge in [0, 0.05) is 0 Å². The van der Waals surface area contributed by atoms with Gasteiger partial charge in [0.15, 0.2) is 0 Å². The molecule has 1 heterocycles. The van der Waals surface area contributed by atoms with E-state index in [1.807, 2.05) is 0 Å². The first-order valence-electron chi connectivity index (χ1n) is 27.2. The summed E-state index contributed by atoms with van der Waals surface area (Å²) in [5.41, 5.74) is 0. The van der Waals surface area contributed by atoms with Gasteiger partial charge in [-0.25, -0.2) is 0 Å². The lowest BCUT2D eigenvalue weighted by Gasteiger charge is -2.41. The molecular weight excluding hydrogens is 916 g/mol. The van der Waals surface area contributed by atoms with E-state index in [0.29, 0.717) is 41.4 Å². The van der Waals surface area contributed by atoms with E-state index in [1.54, 1.807) is 0 Å². The van der Waals surface area contributed by atoms with Gasteiger partial charge in [0.2, 0.25) is 0 Å². The Hall–Kier alpha value is 0.930. The van der Waals surface area contributed by atoms with E-state index in [1.165, 1.54) is 0 Å². The Labute approximate surface area is 401 Å². The fraction of sp³-hybridized carbons (Fsp3) is 1.00. The van der Waals surface area contributed by atoms with Crippen molar-refractivity contribution in [3.8, 4) is 0 Å². The lowest BCUT2D eigenvalue weighted by atomic mass is 9.89. The Morgan fingerprint density at radius 3 is 0.631 bits per heavy atom. The average Bonchev–Trinajstić information content (AvgIpc) is 3.26. The van der Waals surface area contributed by atoms with Crippen LogP contribution in [0, 0.1) is 41.4 Å². The number of rotatable bonds is 14. The van der Waals surface area contributed by atoms with Crippen molar-refractivity contribution in [1.29, 1.82) is 0 Å². The standard InChI is InChI=1S/C49H91ClN4O7P4/c1-36-8-22-43(23-9-36)55-62(50)51-63(56-44-24-10-37(2)11-25-44,57-45-26-12-38(3)13-27-45)53-65(60-48-32-18-41(6)19-33-48,61-49-34-20-42(7)21-35-49)54-64(52-62,58-46-28-14-39(4)15-29-46)59-47-30-16-40(5)17-31-47/h36-49H,8-35H2,1-7H3. The molecule has 0 N–H and O–H groups in total. The Morgan fingerprint density at radius 2 is 0.415 bits per heavy atom. The molecule has 0 radical (unpaired) electrons. The molecule has 0 aromatic heterocycles. The summed E-state index contributed by atoms with van der Waals surface area (Å²) in [6, 6.07) is 0. The van der Waals surface area contributed by atoms with Gasteiger partial charge in [0.1, 0.15) is 0 Å². The molecule has 8 rings (SSSR count). The van der Waals surface area contributed by atoms with Crippen LogP contribution >= 0.6 is 41.0 Å². The molecule has 7 aliphatic carbocycles. The molecular formula is C49H91ClN4O7P4. The molecule has 65 heavy (non-hydrogen) atoms. The van der Waals surface area contributed by atoms with Crippen molar-refractivity contribution < 1.29 is 31.7 Å². The van der Waals surface area contributed by atoms with E-state index in [2.05, 4.69) is 48.5 Å². The highest BCUT2D eigenvalue weighted by Gasteiger charge is 2.49. The molecule has 1 unspecified atom stereocenters. The number of hydrogen-bond acceptors (Lipinski definition) is 11. The molecule has 0 bridgehead atoms. The summed E-state index contributed by atoms with van der Waals surface area (Å²) in [6.07, 6.45) is 27.4. The van der Waals surface area contributed by atoms with Crippen molar-refractivity contribution in [1.82, 2.24) is 0 Å². The molecule has 7 saturated carbocycles. The topological polar surface area (TPSA) is 114 Å².